The molecular weight excluding hydrogens is 194 g/mol. The molecule has 0 aromatic rings. The van der Waals surface area contributed by atoms with Crippen LogP contribution in [0, 0.1) is 11.8 Å². The molecule has 0 N–H and O–H groups in total. The average molecular weight is 213 g/mol. The van der Waals surface area contributed by atoms with Crippen molar-refractivity contribution in [1.82, 2.24) is 0 Å². The van der Waals surface area contributed by atoms with Crippen LogP contribution < -0.4 is 0 Å². The zero-order valence-corrected chi connectivity index (χ0v) is 10.0. The van der Waals surface area contributed by atoms with Crippen molar-refractivity contribution in [3.05, 3.63) is 0 Å². The van der Waals surface area contributed by atoms with Crippen molar-refractivity contribution in [2.75, 3.05) is 6.54 Å². The fourth-order valence-corrected chi connectivity index (χ4v) is 1.07. The van der Waals surface area contributed by atoms with Gasteiger partial charge in [0.1, 0.15) is 5.60 Å². The van der Waals surface area contributed by atoms with Gasteiger partial charge < -0.3 is 4.74 Å². The largest absolute Gasteiger partial charge is 0.460 e. The molecule has 0 aliphatic rings. The van der Waals surface area contributed by atoms with Gasteiger partial charge in [0, 0.05) is 0 Å². The molecule has 0 radical (unpaired) electrons. The summed E-state index contributed by atoms with van der Waals surface area (Å²) < 4.78 is 5.23. The highest BCUT2D eigenvalue weighted by Crippen LogP contribution is 2.17. The molecule has 0 bridgehead atoms. The molecule has 0 fully saturated rings. The summed E-state index contributed by atoms with van der Waals surface area (Å²) in [6, 6.07) is 0. The number of hydrogen-bond acceptors (Lipinski definition) is 4. The Bertz CT molecular complexity index is 259. The zero-order chi connectivity index (χ0) is 12.1. The van der Waals surface area contributed by atoms with Crippen LogP contribution >= 0.6 is 0 Å². The van der Waals surface area contributed by atoms with Gasteiger partial charge in [-0.25, -0.2) is 9.79 Å². The summed E-state index contributed by atoms with van der Waals surface area (Å²) in [7, 11) is 0. The van der Waals surface area contributed by atoms with Crippen molar-refractivity contribution in [1.29, 1.82) is 0 Å². The summed E-state index contributed by atoms with van der Waals surface area (Å²) >= 11 is 0. The third-order valence-corrected chi connectivity index (χ3v) is 1.87. The van der Waals surface area contributed by atoms with Gasteiger partial charge in [-0.05, 0) is 26.7 Å². The molecule has 0 spiro atoms. The minimum absolute atomic E-state index is 0.0944. The number of isocyanates is 1. The highest BCUT2D eigenvalue weighted by molar-refractivity contribution is 5.73. The minimum Gasteiger partial charge on any atom is -0.460 e. The van der Waals surface area contributed by atoms with Crippen molar-refractivity contribution in [2.45, 2.75) is 40.2 Å². The molecule has 0 aliphatic carbocycles. The second-order valence-corrected chi connectivity index (χ2v) is 4.82. The number of ether oxygens (including phenoxy) is 1. The second-order valence-electron chi connectivity index (χ2n) is 4.82. The third-order valence-electron chi connectivity index (χ3n) is 1.87. The Kier molecular flexibility index (Phi) is 5.23. The van der Waals surface area contributed by atoms with Gasteiger partial charge in [-0.3, -0.25) is 4.79 Å². The molecular formula is C11H19NO3. The van der Waals surface area contributed by atoms with E-state index >= 15 is 0 Å². The van der Waals surface area contributed by atoms with E-state index in [4.69, 9.17) is 4.74 Å². The lowest BCUT2D eigenvalue weighted by atomic mass is 9.96. The average Bonchev–Trinajstić information content (AvgIpc) is 2.00. The molecule has 0 aromatic heterocycles. The smallest absolute Gasteiger partial charge is 0.311 e. The first-order valence-corrected chi connectivity index (χ1v) is 5.04. The van der Waals surface area contributed by atoms with E-state index in [-0.39, 0.29) is 24.3 Å². The van der Waals surface area contributed by atoms with E-state index in [0.717, 1.165) is 0 Å². The van der Waals surface area contributed by atoms with Gasteiger partial charge in [0.05, 0.1) is 12.5 Å². The molecule has 0 saturated heterocycles. The summed E-state index contributed by atoms with van der Waals surface area (Å²) in [4.78, 5) is 25.1. The number of aliphatic imine (C=N–C) groups is 1. The first-order valence-electron chi connectivity index (χ1n) is 5.04. The van der Waals surface area contributed by atoms with Crippen LogP contribution in [0.1, 0.15) is 34.6 Å². The SMILES string of the molecule is CC(C)C(CN=C=O)C(=O)OC(C)(C)C. The summed E-state index contributed by atoms with van der Waals surface area (Å²) in [6.07, 6.45) is 1.44. The molecule has 0 amide bonds. The molecule has 1 unspecified atom stereocenters. The molecule has 4 nitrogen and oxygen atoms in total. The molecule has 86 valence electrons. The number of rotatable bonds is 4. The van der Waals surface area contributed by atoms with Gasteiger partial charge in [-0.15, -0.1) is 0 Å². The van der Waals surface area contributed by atoms with E-state index < -0.39 is 5.60 Å². The summed E-state index contributed by atoms with van der Waals surface area (Å²) in [5, 5.41) is 0. The van der Waals surface area contributed by atoms with Crippen LogP contribution in [0.3, 0.4) is 0 Å². The van der Waals surface area contributed by atoms with Crippen LogP contribution in [-0.4, -0.2) is 24.2 Å². The third kappa shape index (κ3) is 6.02. The predicted octanol–water partition coefficient (Wildman–Crippen LogP) is 1.94. The maximum Gasteiger partial charge on any atom is 0.311 e. The number of esters is 1. The van der Waals surface area contributed by atoms with Crippen LogP contribution in [0.25, 0.3) is 0 Å². The Morgan fingerprint density at radius 1 is 1.40 bits per heavy atom. The highest BCUT2D eigenvalue weighted by atomic mass is 16.6. The van der Waals surface area contributed by atoms with Crippen molar-refractivity contribution in [3.8, 4) is 0 Å². The number of hydrogen-bond donors (Lipinski definition) is 0. The maximum atomic E-state index is 11.7. The minimum atomic E-state index is -0.505. The molecule has 0 aliphatic heterocycles. The standard InChI is InChI=1S/C11H19NO3/c1-8(2)9(6-12-7-13)10(14)15-11(3,4)5/h8-9H,6H2,1-5H3. The first kappa shape index (κ1) is 13.8. The fraction of sp³-hybridized carbons (Fsp3) is 0.818. The van der Waals surface area contributed by atoms with Gasteiger partial charge in [-0.1, -0.05) is 13.8 Å². The predicted molar refractivity (Wildman–Crippen MR) is 57.2 cm³/mol. The zero-order valence-electron chi connectivity index (χ0n) is 10.0. The lowest BCUT2D eigenvalue weighted by Crippen LogP contribution is -2.32. The Morgan fingerprint density at radius 2 is 1.93 bits per heavy atom. The van der Waals surface area contributed by atoms with Crippen molar-refractivity contribution in [2.24, 2.45) is 16.8 Å². The Balaban J connectivity index is 4.49. The molecule has 0 saturated carbocycles. The molecule has 0 rings (SSSR count). The molecule has 0 aromatic carbocycles. The van der Waals surface area contributed by atoms with Crippen LogP contribution in [0.2, 0.25) is 0 Å². The quantitative estimate of drug-likeness (QED) is 0.407. The van der Waals surface area contributed by atoms with E-state index in [2.05, 4.69) is 4.99 Å². The topological polar surface area (TPSA) is 55.7 Å². The molecule has 15 heavy (non-hydrogen) atoms. The Hall–Kier alpha value is -1.15. The van der Waals surface area contributed by atoms with Crippen LogP contribution in [0.5, 0.6) is 0 Å². The van der Waals surface area contributed by atoms with Gasteiger partial charge in [-0.2, -0.15) is 0 Å². The van der Waals surface area contributed by atoms with Crippen LogP contribution in [0.4, 0.5) is 0 Å². The molecule has 0 heterocycles. The van der Waals surface area contributed by atoms with Gasteiger partial charge >= 0.3 is 5.97 Å². The second kappa shape index (κ2) is 5.66. The molecule has 1 atom stereocenters. The maximum absolute atomic E-state index is 11.7. The van der Waals surface area contributed by atoms with E-state index in [1.54, 1.807) is 0 Å². The van der Waals surface area contributed by atoms with Crippen molar-refractivity contribution < 1.29 is 14.3 Å². The first-order chi connectivity index (χ1) is 6.78. The number of carbonyl (C=O) groups is 1. The van der Waals surface area contributed by atoms with Crippen LogP contribution in [0.15, 0.2) is 4.99 Å². The van der Waals surface area contributed by atoms with E-state index in [1.807, 2.05) is 34.6 Å². The van der Waals surface area contributed by atoms with E-state index in [0.29, 0.717) is 0 Å². The normalized spacial score (nSPS) is 13.2. The Morgan fingerprint density at radius 3 is 2.27 bits per heavy atom. The van der Waals surface area contributed by atoms with Crippen molar-refractivity contribution in [3.63, 3.8) is 0 Å². The van der Waals surface area contributed by atoms with Gasteiger partial charge in [0.15, 0.2) is 0 Å². The van der Waals surface area contributed by atoms with Gasteiger partial charge in [0.25, 0.3) is 0 Å². The Labute approximate surface area is 90.7 Å². The molecule has 4 heteroatoms. The van der Waals surface area contributed by atoms with E-state index in [9.17, 15) is 9.59 Å². The summed E-state index contributed by atoms with van der Waals surface area (Å²) in [6.45, 7) is 9.38. The van der Waals surface area contributed by atoms with Crippen LogP contribution in [-0.2, 0) is 14.3 Å². The highest BCUT2D eigenvalue weighted by Gasteiger charge is 2.27. The summed E-state index contributed by atoms with van der Waals surface area (Å²) in [5.74, 6) is -0.584. The lowest BCUT2D eigenvalue weighted by molar-refractivity contribution is -0.161. The number of carbonyl (C=O) groups excluding carboxylic acids is 2. The van der Waals surface area contributed by atoms with E-state index in [1.165, 1.54) is 6.08 Å². The number of nitrogens with zero attached hydrogens (tertiary/aromatic N) is 1. The fourth-order valence-electron chi connectivity index (χ4n) is 1.07. The van der Waals surface area contributed by atoms with Crippen molar-refractivity contribution >= 4 is 12.0 Å². The summed E-state index contributed by atoms with van der Waals surface area (Å²) in [5.41, 5.74) is -0.505. The lowest BCUT2D eigenvalue weighted by Gasteiger charge is -2.24. The van der Waals surface area contributed by atoms with Gasteiger partial charge in [0.2, 0.25) is 6.08 Å². The monoisotopic (exact) mass is 213 g/mol.